The normalized spacial score (nSPS) is 11.7. The molecule has 12 aromatic rings. The molecular formula is C60H36BBr. The lowest BCUT2D eigenvalue weighted by atomic mass is 9.76. The molecule has 0 atom stereocenters. The van der Waals surface area contributed by atoms with Gasteiger partial charge < -0.3 is 0 Å². The minimum atomic E-state index is 0.740. The molecule has 2 heteroatoms. The van der Waals surface area contributed by atoms with Crippen LogP contribution >= 0.6 is 15.9 Å². The molecular weight excluding hydrogens is 811 g/mol. The molecule has 0 saturated carbocycles. The fourth-order valence-corrected chi connectivity index (χ4v) is 10.7. The average molecular weight is 848 g/mol. The summed E-state index contributed by atoms with van der Waals surface area (Å²) < 4.78 is 1.04. The molecule has 0 amide bonds. The second-order valence-electron chi connectivity index (χ2n) is 16.2. The van der Waals surface area contributed by atoms with Gasteiger partial charge in [0, 0.05) is 4.47 Å². The van der Waals surface area contributed by atoms with Crippen LogP contribution in [0.25, 0.3) is 121 Å². The van der Waals surface area contributed by atoms with Crippen molar-refractivity contribution < 1.29 is 0 Å². The summed E-state index contributed by atoms with van der Waals surface area (Å²) >= 11 is 3.85. The van der Waals surface area contributed by atoms with Gasteiger partial charge in [0.15, 0.2) is 0 Å². The van der Waals surface area contributed by atoms with Crippen LogP contribution in [0.3, 0.4) is 0 Å². The molecule has 0 aromatic heterocycles. The van der Waals surface area contributed by atoms with Gasteiger partial charge in [-0.05, 0) is 145 Å². The van der Waals surface area contributed by atoms with Gasteiger partial charge in [-0.3, -0.25) is 0 Å². The first kappa shape index (κ1) is 36.6. The first-order chi connectivity index (χ1) is 30.6. The van der Waals surface area contributed by atoms with E-state index in [4.69, 9.17) is 7.85 Å². The summed E-state index contributed by atoms with van der Waals surface area (Å²) in [6, 6.07) is 79.8. The highest BCUT2D eigenvalue weighted by molar-refractivity contribution is 9.10. The Morgan fingerprint density at radius 1 is 0.258 bits per heavy atom. The average Bonchev–Trinajstić information content (AvgIpc) is 3.33. The van der Waals surface area contributed by atoms with Crippen LogP contribution in [0.4, 0.5) is 0 Å². The summed E-state index contributed by atoms with van der Waals surface area (Å²) in [5, 5.41) is 12.5. The van der Waals surface area contributed by atoms with Gasteiger partial charge >= 0.3 is 0 Å². The number of halogens is 1. The zero-order chi connectivity index (χ0) is 41.3. The first-order valence-electron chi connectivity index (χ1n) is 21.2. The Balaban J connectivity index is 1.40. The van der Waals surface area contributed by atoms with Crippen LogP contribution in [-0.2, 0) is 0 Å². The number of rotatable bonds is 6. The van der Waals surface area contributed by atoms with Gasteiger partial charge in [-0.1, -0.05) is 216 Å². The van der Waals surface area contributed by atoms with E-state index in [1.165, 1.54) is 104 Å². The maximum absolute atomic E-state index is 6.66. The molecule has 0 aliphatic rings. The third-order valence-electron chi connectivity index (χ3n) is 12.7. The van der Waals surface area contributed by atoms with E-state index in [9.17, 15) is 0 Å². The lowest BCUT2D eigenvalue weighted by molar-refractivity contribution is 1.59. The lowest BCUT2D eigenvalue weighted by Gasteiger charge is -2.26. The Hall–Kier alpha value is -7.26. The maximum atomic E-state index is 6.66. The monoisotopic (exact) mass is 846 g/mol. The molecule has 0 aliphatic carbocycles. The fourth-order valence-electron chi connectivity index (χ4n) is 10.3. The van der Waals surface area contributed by atoms with E-state index < -0.39 is 0 Å². The molecule has 0 saturated heterocycles. The van der Waals surface area contributed by atoms with E-state index in [0.717, 1.165) is 26.6 Å². The third kappa shape index (κ3) is 5.75. The largest absolute Gasteiger partial charge is 0.113 e. The second-order valence-corrected chi connectivity index (χ2v) is 17.2. The van der Waals surface area contributed by atoms with E-state index in [0.29, 0.717) is 0 Å². The van der Waals surface area contributed by atoms with Crippen molar-refractivity contribution in [2.75, 3.05) is 0 Å². The number of fused-ring (bicyclic) bond motifs is 6. The predicted octanol–water partition coefficient (Wildman–Crippen LogP) is 16.4. The van der Waals surface area contributed by atoms with Crippen molar-refractivity contribution in [1.29, 1.82) is 0 Å². The zero-order valence-electron chi connectivity index (χ0n) is 33.7. The van der Waals surface area contributed by atoms with Crippen LogP contribution in [0.1, 0.15) is 0 Å². The van der Waals surface area contributed by atoms with Gasteiger partial charge in [-0.15, -0.1) is 0 Å². The maximum Gasteiger partial charge on any atom is 0.113 e. The molecule has 0 N–H and O–H groups in total. The van der Waals surface area contributed by atoms with Gasteiger partial charge in [0.1, 0.15) is 7.85 Å². The molecule has 286 valence electrons. The molecule has 12 aromatic carbocycles. The standard InChI is InChI=1S/C60H36BBr/c61-43-27-13-26-42(33-43)54-50(38-19-7-2-8-20-38)36-52(41-25-14-28-44(62)34-41)58-46-30-16-31-47-56(46)55-45(29-15-32-48(55)60(54)58)57-51(39-21-9-3-10-22-39)35-49(37-17-5-1-6-18-37)53(59(47)57)40-23-11-4-12-24-40/h1-36H. The summed E-state index contributed by atoms with van der Waals surface area (Å²) in [7, 11) is 6.66. The van der Waals surface area contributed by atoms with Crippen molar-refractivity contribution in [3.8, 4) is 66.8 Å². The molecule has 0 nitrogen and oxygen atoms in total. The lowest BCUT2D eigenvalue weighted by Crippen LogP contribution is -2.02. The first-order valence-corrected chi connectivity index (χ1v) is 21.9. The van der Waals surface area contributed by atoms with E-state index in [2.05, 4.69) is 228 Å². The van der Waals surface area contributed by atoms with Gasteiger partial charge in [0.05, 0.1) is 0 Å². The van der Waals surface area contributed by atoms with Crippen molar-refractivity contribution in [2.24, 2.45) is 0 Å². The third-order valence-corrected chi connectivity index (χ3v) is 13.2. The van der Waals surface area contributed by atoms with E-state index in [1.807, 2.05) is 6.07 Å². The van der Waals surface area contributed by atoms with Crippen LogP contribution in [0.5, 0.6) is 0 Å². The summed E-state index contributed by atoms with van der Waals surface area (Å²) in [4.78, 5) is 0. The Labute approximate surface area is 370 Å². The van der Waals surface area contributed by atoms with Gasteiger partial charge in [-0.25, -0.2) is 0 Å². The van der Waals surface area contributed by atoms with E-state index in [-0.39, 0.29) is 0 Å². The Kier molecular flexibility index (Phi) is 8.69. The van der Waals surface area contributed by atoms with Crippen molar-refractivity contribution in [3.05, 3.63) is 223 Å². The quantitative estimate of drug-likeness (QED) is 0.0888. The minimum Gasteiger partial charge on any atom is -0.0961 e. The van der Waals surface area contributed by atoms with Crippen molar-refractivity contribution in [3.63, 3.8) is 0 Å². The second kappa shape index (κ2) is 14.7. The number of hydrogen-bond acceptors (Lipinski definition) is 0. The highest BCUT2D eigenvalue weighted by atomic mass is 79.9. The molecule has 0 aliphatic heterocycles. The van der Waals surface area contributed by atoms with Crippen molar-refractivity contribution >= 4 is 83.1 Å². The molecule has 2 radical (unpaired) electrons. The molecule has 0 fully saturated rings. The van der Waals surface area contributed by atoms with Crippen LogP contribution in [-0.4, -0.2) is 7.85 Å². The Morgan fingerprint density at radius 3 is 1.11 bits per heavy atom. The van der Waals surface area contributed by atoms with Gasteiger partial charge in [-0.2, -0.15) is 0 Å². The fraction of sp³-hybridized carbons (Fsp3) is 0. The van der Waals surface area contributed by atoms with Crippen LogP contribution < -0.4 is 5.46 Å². The highest BCUT2D eigenvalue weighted by Gasteiger charge is 2.27. The summed E-state index contributed by atoms with van der Waals surface area (Å²) in [6.07, 6.45) is 0. The molecule has 0 heterocycles. The molecule has 0 spiro atoms. The predicted molar refractivity (Wildman–Crippen MR) is 271 cm³/mol. The number of benzene rings is 12. The summed E-state index contributed by atoms with van der Waals surface area (Å²) in [5.41, 5.74) is 15.0. The van der Waals surface area contributed by atoms with E-state index >= 15 is 0 Å². The van der Waals surface area contributed by atoms with Crippen molar-refractivity contribution in [2.45, 2.75) is 0 Å². The number of hydrogen-bond donors (Lipinski definition) is 0. The van der Waals surface area contributed by atoms with Crippen LogP contribution in [0.15, 0.2) is 223 Å². The van der Waals surface area contributed by atoms with Crippen LogP contribution in [0.2, 0.25) is 0 Å². The zero-order valence-corrected chi connectivity index (χ0v) is 35.3. The SMILES string of the molecule is [B]c1cccc(-c2c(-c3ccccc3)cc(-c3cccc(Br)c3)c3c4cccc5c6c(-c7ccccc7)c(-c7ccccc7)cc(-c7ccccc7)c6c6cccc(c23)c6c45)c1. The smallest absolute Gasteiger partial charge is 0.0961 e. The summed E-state index contributed by atoms with van der Waals surface area (Å²) in [6.45, 7) is 0. The topological polar surface area (TPSA) is 0 Å². The van der Waals surface area contributed by atoms with Gasteiger partial charge in [0.2, 0.25) is 0 Å². The highest BCUT2D eigenvalue weighted by Crippen LogP contribution is 2.55. The van der Waals surface area contributed by atoms with Crippen molar-refractivity contribution in [1.82, 2.24) is 0 Å². The van der Waals surface area contributed by atoms with Gasteiger partial charge in [0.25, 0.3) is 0 Å². The summed E-state index contributed by atoms with van der Waals surface area (Å²) in [5.74, 6) is 0. The minimum absolute atomic E-state index is 0.740. The molecule has 0 bridgehead atoms. The molecule has 0 unspecified atom stereocenters. The Bertz CT molecular complexity index is 3670. The molecule has 12 rings (SSSR count). The van der Waals surface area contributed by atoms with E-state index in [1.54, 1.807) is 0 Å². The van der Waals surface area contributed by atoms with Crippen LogP contribution in [0, 0.1) is 0 Å². The molecule has 62 heavy (non-hydrogen) atoms. The Morgan fingerprint density at radius 2 is 0.629 bits per heavy atom.